The van der Waals surface area contributed by atoms with Crippen LogP contribution in [0.1, 0.15) is 0 Å². The Balaban J connectivity index is 1.38. The van der Waals surface area contributed by atoms with Crippen molar-refractivity contribution in [3.05, 3.63) is 84.9 Å². The van der Waals surface area contributed by atoms with Gasteiger partial charge in [-0.15, -0.1) is 0 Å². The number of para-hydroxylation sites is 4. The van der Waals surface area contributed by atoms with Crippen LogP contribution < -0.4 is 16.0 Å². The lowest BCUT2D eigenvalue weighted by Gasteiger charge is -2.26. The van der Waals surface area contributed by atoms with Gasteiger partial charge in [-0.3, -0.25) is 0 Å². The topological polar surface area (TPSA) is 36.1 Å². The molecule has 0 fully saturated rings. The molecule has 4 aromatic carbocycles. The molecule has 3 N–H and O–H groups in total. The lowest BCUT2D eigenvalue weighted by molar-refractivity contribution is 1.29. The van der Waals surface area contributed by atoms with Crippen LogP contribution >= 0.6 is 23.5 Å². The number of rotatable bonds is 2. The molecule has 2 aliphatic rings. The van der Waals surface area contributed by atoms with Gasteiger partial charge in [0, 0.05) is 19.6 Å². The third-order valence-electron chi connectivity index (χ3n) is 5.06. The van der Waals surface area contributed by atoms with Crippen molar-refractivity contribution in [1.29, 1.82) is 0 Å². The molecule has 29 heavy (non-hydrogen) atoms. The quantitative estimate of drug-likeness (QED) is 0.270. The van der Waals surface area contributed by atoms with Crippen molar-refractivity contribution in [2.75, 3.05) is 16.0 Å². The Labute approximate surface area is 177 Å². The van der Waals surface area contributed by atoms with E-state index in [0.717, 1.165) is 34.1 Å². The average molecular weight is 412 g/mol. The first kappa shape index (κ1) is 16.9. The molecular weight excluding hydrogens is 394 g/mol. The normalized spacial score (nSPS) is 13.1. The van der Waals surface area contributed by atoms with E-state index in [9.17, 15) is 0 Å². The summed E-state index contributed by atoms with van der Waals surface area (Å²) in [7, 11) is 0. The zero-order chi connectivity index (χ0) is 19.2. The van der Waals surface area contributed by atoms with Crippen LogP contribution in [-0.4, -0.2) is 0 Å². The monoisotopic (exact) mass is 411 g/mol. The summed E-state index contributed by atoms with van der Waals surface area (Å²) in [6.07, 6.45) is 0. The van der Waals surface area contributed by atoms with Crippen LogP contribution in [0.15, 0.2) is 105 Å². The highest BCUT2D eigenvalue weighted by Crippen LogP contribution is 2.50. The first-order valence-electron chi connectivity index (χ1n) is 9.46. The van der Waals surface area contributed by atoms with Gasteiger partial charge < -0.3 is 16.0 Å². The minimum absolute atomic E-state index is 1.07. The molecule has 0 saturated heterocycles. The molecule has 0 aliphatic carbocycles. The van der Waals surface area contributed by atoms with Gasteiger partial charge >= 0.3 is 0 Å². The minimum Gasteiger partial charge on any atom is -0.352 e. The van der Waals surface area contributed by atoms with Crippen LogP contribution in [0, 0.1) is 0 Å². The molecule has 140 valence electrons. The van der Waals surface area contributed by atoms with Crippen molar-refractivity contribution < 1.29 is 0 Å². The lowest BCUT2D eigenvalue weighted by Crippen LogP contribution is -2.06. The number of fused-ring (bicyclic) bond motifs is 4. The maximum atomic E-state index is 3.67. The average Bonchev–Trinajstić information content (AvgIpc) is 2.77. The van der Waals surface area contributed by atoms with Crippen LogP contribution in [-0.2, 0) is 0 Å². The molecule has 0 aromatic heterocycles. The SMILES string of the molecule is c1ccc2c(c1)Nc1c(Nc3cccc4c3Nc3ccccc3S4)cccc1S2. The van der Waals surface area contributed by atoms with E-state index in [4.69, 9.17) is 0 Å². The summed E-state index contributed by atoms with van der Waals surface area (Å²) in [5.74, 6) is 0. The van der Waals surface area contributed by atoms with Gasteiger partial charge in [-0.1, -0.05) is 59.9 Å². The van der Waals surface area contributed by atoms with Crippen LogP contribution in [0.4, 0.5) is 34.1 Å². The minimum atomic E-state index is 1.07. The van der Waals surface area contributed by atoms with Crippen molar-refractivity contribution in [3.63, 3.8) is 0 Å². The molecule has 5 heteroatoms. The molecular formula is C24H17N3S2. The molecule has 0 unspecified atom stereocenters. The van der Waals surface area contributed by atoms with E-state index in [1.165, 1.54) is 19.6 Å². The maximum Gasteiger partial charge on any atom is 0.0765 e. The summed E-state index contributed by atoms with van der Waals surface area (Å²) in [6, 6.07) is 29.7. The highest BCUT2D eigenvalue weighted by Gasteiger charge is 2.21. The fourth-order valence-corrected chi connectivity index (χ4v) is 5.71. The third kappa shape index (κ3) is 2.94. The zero-order valence-electron chi connectivity index (χ0n) is 15.4. The van der Waals surface area contributed by atoms with Gasteiger partial charge in [0.2, 0.25) is 0 Å². The fourth-order valence-electron chi connectivity index (χ4n) is 3.67. The van der Waals surface area contributed by atoms with Crippen molar-refractivity contribution >= 4 is 57.6 Å². The molecule has 0 atom stereocenters. The largest absolute Gasteiger partial charge is 0.352 e. The van der Waals surface area contributed by atoms with Crippen LogP contribution in [0.5, 0.6) is 0 Å². The summed E-state index contributed by atoms with van der Waals surface area (Å²) >= 11 is 3.61. The predicted molar refractivity (Wildman–Crippen MR) is 124 cm³/mol. The smallest absolute Gasteiger partial charge is 0.0765 e. The fraction of sp³-hybridized carbons (Fsp3) is 0. The van der Waals surface area contributed by atoms with Gasteiger partial charge in [0.25, 0.3) is 0 Å². The molecule has 0 amide bonds. The highest BCUT2D eigenvalue weighted by molar-refractivity contribution is 8.00. The van der Waals surface area contributed by atoms with Gasteiger partial charge in [-0.25, -0.2) is 0 Å². The van der Waals surface area contributed by atoms with E-state index in [2.05, 4.69) is 101 Å². The van der Waals surface area contributed by atoms with E-state index < -0.39 is 0 Å². The van der Waals surface area contributed by atoms with Crippen molar-refractivity contribution in [3.8, 4) is 0 Å². The number of anilines is 6. The van der Waals surface area contributed by atoms with Crippen LogP contribution in [0.2, 0.25) is 0 Å². The zero-order valence-corrected chi connectivity index (χ0v) is 17.0. The van der Waals surface area contributed by atoms with E-state index in [0.29, 0.717) is 0 Å². The molecule has 2 aliphatic heterocycles. The number of hydrogen-bond donors (Lipinski definition) is 3. The molecule has 3 nitrogen and oxygen atoms in total. The Hall–Kier alpha value is -3.02. The summed E-state index contributed by atoms with van der Waals surface area (Å²) in [6.45, 7) is 0. The molecule has 6 rings (SSSR count). The Morgan fingerprint density at radius 2 is 0.931 bits per heavy atom. The van der Waals surface area contributed by atoms with Crippen molar-refractivity contribution in [1.82, 2.24) is 0 Å². The standard InChI is InChI=1S/C24H17N3S2/c1-3-11-19-15(7-1)26-23-17(9-5-13-21(23)28-19)25-18-10-6-14-22-24(18)27-16-8-2-4-12-20(16)29-22/h1-14,25-27H. The molecule has 0 spiro atoms. The second-order valence-electron chi connectivity index (χ2n) is 6.93. The predicted octanol–water partition coefficient (Wildman–Crippen LogP) is 7.85. The number of hydrogen-bond acceptors (Lipinski definition) is 5. The Morgan fingerprint density at radius 3 is 1.45 bits per heavy atom. The van der Waals surface area contributed by atoms with E-state index >= 15 is 0 Å². The first-order chi connectivity index (χ1) is 14.3. The molecule has 2 heterocycles. The highest BCUT2D eigenvalue weighted by atomic mass is 32.2. The second kappa shape index (κ2) is 6.79. The Bertz CT molecular complexity index is 1160. The summed E-state index contributed by atoms with van der Waals surface area (Å²) in [5, 5.41) is 10.9. The van der Waals surface area contributed by atoms with Gasteiger partial charge in [0.15, 0.2) is 0 Å². The summed E-state index contributed by atoms with van der Waals surface area (Å²) in [5.41, 5.74) is 6.69. The Kier molecular flexibility index (Phi) is 3.96. The first-order valence-corrected chi connectivity index (χ1v) is 11.1. The second-order valence-corrected chi connectivity index (χ2v) is 9.10. The van der Waals surface area contributed by atoms with Crippen molar-refractivity contribution in [2.24, 2.45) is 0 Å². The van der Waals surface area contributed by atoms with Gasteiger partial charge in [0.05, 0.1) is 34.1 Å². The molecule has 4 aromatic rings. The Morgan fingerprint density at radius 1 is 0.483 bits per heavy atom. The summed E-state index contributed by atoms with van der Waals surface area (Å²) < 4.78 is 0. The molecule has 0 radical (unpaired) electrons. The molecule has 0 saturated carbocycles. The summed E-state index contributed by atoms with van der Waals surface area (Å²) in [4.78, 5) is 4.96. The van der Waals surface area contributed by atoms with Gasteiger partial charge in [-0.2, -0.15) is 0 Å². The third-order valence-corrected chi connectivity index (χ3v) is 7.33. The van der Waals surface area contributed by atoms with E-state index in [1.54, 1.807) is 23.5 Å². The van der Waals surface area contributed by atoms with Gasteiger partial charge in [0.1, 0.15) is 0 Å². The van der Waals surface area contributed by atoms with Gasteiger partial charge in [-0.05, 0) is 48.5 Å². The maximum absolute atomic E-state index is 3.67. The van der Waals surface area contributed by atoms with Crippen molar-refractivity contribution in [2.45, 2.75) is 19.6 Å². The van der Waals surface area contributed by atoms with Crippen LogP contribution in [0.25, 0.3) is 0 Å². The van der Waals surface area contributed by atoms with E-state index in [1.807, 2.05) is 0 Å². The number of nitrogens with one attached hydrogen (secondary N) is 3. The van der Waals surface area contributed by atoms with Crippen LogP contribution in [0.3, 0.4) is 0 Å². The number of benzene rings is 4. The van der Waals surface area contributed by atoms with E-state index in [-0.39, 0.29) is 0 Å². The molecule has 0 bridgehead atoms. The lowest BCUT2D eigenvalue weighted by atomic mass is 10.2.